The molecule has 0 radical (unpaired) electrons. The Balaban J connectivity index is 1.37. The van der Waals surface area contributed by atoms with E-state index >= 15 is 0 Å². The third kappa shape index (κ3) is 5.90. The fraction of sp³-hybridized carbons (Fsp3) is 0.444. The van der Waals surface area contributed by atoms with Crippen molar-refractivity contribution in [2.24, 2.45) is 0 Å². The molecule has 0 spiro atoms. The Kier molecular flexibility index (Phi) is 8.37. The Morgan fingerprint density at radius 2 is 1.59 bits per heavy atom. The van der Waals surface area contributed by atoms with Gasteiger partial charge in [0.15, 0.2) is 11.5 Å². The molecule has 0 saturated carbocycles. The number of hydrogen-bond donors (Lipinski definition) is 1. The van der Waals surface area contributed by atoms with Gasteiger partial charge in [-0.3, -0.25) is 14.2 Å². The second-order valence-corrected chi connectivity index (χ2v) is 8.77. The summed E-state index contributed by atoms with van der Waals surface area (Å²) >= 11 is 0. The number of ether oxygens (including phenoxy) is 3. The van der Waals surface area contributed by atoms with Gasteiger partial charge in [-0.25, -0.2) is 4.79 Å². The first-order valence-electron chi connectivity index (χ1n) is 12.7. The first-order chi connectivity index (χ1) is 17.9. The number of nitrogens with zero attached hydrogens (tertiary/aromatic N) is 3. The van der Waals surface area contributed by atoms with Crippen LogP contribution in [0.4, 0.5) is 5.69 Å². The van der Waals surface area contributed by atoms with Crippen molar-refractivity contribution in [3.8, 4) is 17.2 Å². The molecule has 10 nitrogen and oxygen atoms in total. The maximum Gasteiger partial charge on any atom is 0.328 e. The van der Waals surface area contributed by atoms with Crippen molar-refractivity contribution < 1.29 is 19.0 Å². The molecule has 4 rings (SSSR count). The first kappa shape index (κ1) is 26.1. The van der Waals surface area contributed by atoms with Crippen LogP contribution in [-0.4, -0.2) is 66.9 Å². The number of amides is 1. The van der Waals surface area contributed by atoms with Gasteiger partial charge in [-0.15, -0.1) is 0 Å². The quantitative estimate of drug-likeness (QED) is 0.447. The Morgan fingerprint density at radius 1 is 0.946 bits per heavy atom. The average Bonchev–Trinajstić information content (AvgIpc) is 2.91. The predicted octanol–water partition coefficient (Wildman–Crippen LogP) is 2.62. The zero-order valence-electron chi connectivity index (χ0n) is 21.6. The lowest BCUT2D eigenvalue weighted by molar-refractivity contribution is -0.131. The minimum absolute atomic E-state index is 0.0274. The molecule has 1 fully saturated rings. The number of fused-ring (bicyclic) bond motifs is 1. The number of methoxy groups -OCH3 is 1. The van der Waals surface area contributed by atoms with Gasteiger partial charge in [-0.1, -0.05) is 0 Å². The third-order valence-corrected chi connectivity index (χ3v) is 6.49. The fourth-order valence-corrected chi connectivity index (χ4v) is 4.55. The van der Waals surface area contributed by atoms with Gasteiger partial charge < -0.3 is 29.0 Å². The van der Waals surface area contributed by atoms with E-state index in [2.05, 4.69) is 9.88 Å². The molecule has 0 unspecified atom stereocenters. The standard InChI is InChI=1S/C27H34N4O6/c1-4-36-23-17-21-22(18-24(23)37-5-2)28-27(34)31(26(21)33)12-6-7-25(32)30-15-13-29(14-16-30)19-8-10-20(35-3)11-9-19/h8-11,17-18H,4-7,12-16H2,1-3H3,(H,28,34). The van der Waals surface area contributed by atoms with E-state index in [1.54, 1.807) is 19.2 Å². The van der Waals surface area contributed by atoms with E-state index in [1.165, 1.54) is 0 Å². The minimum atomic E-state index is -0.510. The molecular weight excluding hydrogens is 476 g/mol. The van der Waals surface area contributed by atoms with Gasteiger partial charge >= 0.3 is 5.69 Å². The third-order valence-electron chi connectivity index (χ3n) is 6.49. The summed E-state index contributed by atoms with van der Waals surface area (Å²) < 4.78 is 17.6. The molecule has 3 aromatic rings. The van der Waals surface area contributed by atoms with Crippen molar-refractivity contribution in [2.75, 3.05) is 51.4 Å². The number of carbonyl (C=O) groups is 1. The number of carbonyl (C=O) groups excluding carboxylic acids is 1. The SMILES string of the molecule is CCOc1cc2[nH]c(=O)n(CCCC(=O)N3CCN(c4ccc(OC)cc4)CC3)c(=O)c2cc1OCC. The summed E-state index contributed by atoms with van der Waals surface area (Å²) in [5.74, 6) is 1.77. The molecule has 2 aromatic carbocycles. The molecule has 1 aliphatic heterocycles. The fourth-order valence-electron chi connectivity index (χ4n) is 4.55. The molecule has 1 N–H and O–H groups in total. The monoisotopic (exact) mass is 510 g/mol. The van der Waals surface area contributed by atoms with Gasteiger partial charge in [0.1, 0.15) is 5.75 Å². The van der Waals surface area contributed by atoms with Gasteiger partial charge in [0.2, 0.25) is 5.91 Å². The second-order valence-electron chi connectivity index (χ2n) is 8.77. The number of nitrogens with one attached hydrogen (secondary N) is 1. The molecule has 2 heterocycles. The highest BCUT2D eigenvalue weighted by atomic mass is 16.5. The molecule has 198 valence electrons. The normalized spacial score (nSPS) is 13.6. The summed E-state index contributed by atoms with van der Waals surface area (Å²) in [5.41, 5.74) is 0.570. The number of hydrogen-bond acceptors (Lipinski definition) is 7. The van der Waals surface area contributed by atoms with E-state index in [4.69, 9.17) is 14.2 Å². The molecule has 0 bridgehead atoms. The van der Waals surface area contributed by atoms with E-state index < -0.39 is 11.2 Å². The van der Waals surface area contributed by atoms with Crippen LogP contribution in [0, 0.1) is 0 Å². The van der Waals surface area contributed by atoms with Crippen molar-refractivity contribution in [2.45, 2.75) is 33.2 Å². The maximum absolute atomic E-state index is 13.1. The lowest BCUT2D eigenvalue weighted by Gasteiger charge is -2.36. The van der Waals surface area contributed by atoms with Gasteiger partial charge in [-0.05, 0) is 50.6 Å². The lowest BCUT2D eigenvalue weighted by atomic mass is 10.2. The summed E-state index contributed by atoms with van der Waals surface area (Å²) in [5, 5.41) is 0.340. The van der Waals surface area contributed by atoms with Crippen LogP contribution >= 0.6 is 0 Å². The van der Waals surface area contributed by atoms with Gasteiger partial charge in [-0.2, -0.15) is 0 Å². The summed E-state index contributed by atoms with van der Waals surface area (Å²) in [6.45, 7) is 7.44. The van der Waals surface area contributed by atoms with Crippen LogP contribution in [0.25, 0.3) is 10.9 Å². The number of benzene rings is 2. The molecule has 37 heavy (non-hydrogen) atoms. The van der Waals surface area contributed by atoms with Crippen LogP contribution in [0.15, 0.2) is 46.0 Å². The summed E-state index contributed by atoms with van der Waals surface area (Å²) in [7, 11) is 1.64. The van der Waals surface area contributed by atoms with E-state index in [0.29, 0.717) is 55.1 Å². The van der Waals surface area contributed by atoms with Crippen molar-refractivity contribution in [3.63, 3.8) is 0 Å². The number of piperazine rings is 1. The van der Waals surface area contributed by atoms with Gasteiger partial charge in [0.25, 0.3) is 5.56 Å². The van der Waals surface area contributed by atoms with Crippen LogP contribution in [0.1, 0.15) is 26.7 Å². The maximum atomic E-state index is 13.1. The van der Waals surface area contributed by atoms with Crippen LogP contribution in [0.5, 0.6) is 17.2 Å². The molecule has 1 aliphatic rings. The average molecular weight is 511 g/mol. The Hall–Kier alpha value is -3.95. The van der Waals surface area contributed by atoms with Crippen LogP contribution in [0.2, 0.25) is 0 Å². The molecule has 0 aliphatic carbocycles. The molecule has 1 aromatic heterocycles. The van der Waals surface area contributed by atoms with E-state index in [9.17, 15) is 14.4 Å². The number of rotatable bonds is 10. The highest BCUT2D eigenvalue weighted by Gasteiger charge is 2.21. The van der Waals surface area contributed by atoms with E-state index in [-0.39, 0.29) is 18.9 Å². The van der Waals surface area contributed by atoms with Crippen molar-refractivity contribution in [1.29, 1.82) is 0 Å². The van der Waals surface area contributed by atoms with Crippen molar-refractivity contribution in [1.82, 2.24) is 14.5 Å². The number of aromatic amines is 1. The highest BCUT2D eigenvalue weighted by Crippen LogP contribution is 2.30. The van der Waals surface area contributed by atoms with E-state index in [0.717, 1.165) is 29.1 Å². The Bertz CT molecular complexity index is 1340. The molecule has 1 saturated heterocycles. The zero-order valence-corrected chi connectivity index (χ0v) is 21.6. The van der Waals surface area contributed by atoms with Crippen molar-refractivity contribution >= 4 is 22.5 Å². The molecule has 0 atom stereocenters. The summed E-state index contributed by atoms with van der Waals surface area (Å²) in [6, 6.07) is 11.1. The van der Waals surface area contributed by atoms with Gasteiger partial charge in [0, 0.05) is 50.9 Å². The number of H-pyrrole nitrogens is 1. The topological polar surface area (TPSA) is 106 Å². The van der Waals surface area contributed by atoms with Crippen LogP contribution in [0.3, 0.4) is 0 Å². The molecule has 1 amide bonds. The van der Waals surface area contributed by atoms with Crippen LogP contribution in [-0.2, 0) is 11.3 Å². The minimum Gasteiger partial charge on any atom is -0.497 e. The Morgan fingerprint density at radius 3 is 2.22 bits per heavy atom. The largest absolute Gasteiger partial charge is 0.497 e. The molecular formula is C27H34N4O6. The second kappa shape index (κ2) is 11.9. The summed E-state index contributed by atoms with van der Waals surface area (Å²) in [6.07, 6.45) is 0.654. The smallest absolute Gasteiger partial charge is 0.328 e. The van der Waals surface area contributed by atoms with Gasteiger partial charge in [0.05, 0.1) is 31.2 Å². The Labute approximate surface area is 215 Å². The first-order valence-corrected chi connectivity index (χ1v) is 12.7. The zero-order chi connectivity index (χ0) is 26.4. The molecule has 10 heteroatoms. The van der Waals surface area contributed by atoms with Crippen LogP contribution < -0.4 is 30.4 Å². The van der Waals surface area contributed by atoms with E-state index in [1.807, 2.05) is 43.0 Å². The predicted molar refractivity (Wildman–Crippen MR) is 142 cm³/mol. The summed E-state index contributed by atoms with van der Waals surface area (Å²) in [4.78, 5) is 45.4. The number of anilines is 1. The highest BCUT2D eigenvalue weighted by molar-refractivity contribution is 5.81. The van der Waals surface area contributed by atoms with Crippen molar-refractivity contribution in [3.05, 3.63) is 57.2 Å². The lowest BCUT2D eigenvalue weighted by Crippen LogP contribution is -2.48. The number of aromatic nitrogens is 2.